The van der Waals surface area contributed by atoms with E-state index in [0.717, 1.165) is 13.1 Å². The van der Waals surface area contributed by atoms with Crippen LogP contribution in [-0.2, 0) is 0 Å². The number of nitrogens with one attached hydrogen (secondary N) is 1. The molecule has 0 bridgehead atoms. The molecule has 0 saturated carbocycles. The highest BCUT2D eigenvalue weighted by molar-refractivity contribution is 5.32. The molecule has 1 saturated heterocycles. The molecule has 2 heterocycles. The maximum Gasteiger partial charge on any atom is 0.226 e. The van der Waals surface area contributed by atoms with Crippen molar-refractivity contribution >= 4 is 5.95 Å². The Bertz CT molecular complexity index is 392. The summed E-state index contributed by atoms with van der Waals surface area (Å²) >= 11 is 0. The first kappa shape index (κ1) is 10.8. The SMILES string of the molecule is CN(CC1CCCN1)c1nccc(C#N)n1. The Morgan fingerprint density at radius 3 is 3.25 bits per heavy atom. The molecule has 0 radical (unpaired) electrons. The van der Waals surface area contributed by atoms with Gasteiger partial charge in [-0.1, -0.05) is 0 Å². The van der Waals surface area contributed by atoms with Gasteiger partial charge in [-0.2, -0.15) is 5.26 Å². The zero-order chi connectivity index (χ0) is 11.4. The summed E-state index contributed by atoms with van der Waals surface area (Å²) in [6.45, 7) is 1.98. The Morgan fingerprint density at radius 2 is 2.56 bits per heavy atom. The Labute approximate surface area is 95.1 Å². The van der Waals surface area contributed by atoms with Gasteiger partial charge in [0.15, 0.2) is 0 Å². The minimum absolute atomic E-state index is 0.413. The highest BCUT2D eigenvalue weighted by Crippen LogP contribution is 2.10. The summed E-state index contributed by atoms with van der Waals surface area (Å²) < 4.78 is 0. The molecule has 1 atom stereocenters. The molecule has 0 spiro atoms. The summed E-state index contributed by atoms with van der Waals surface area (Å²) in [7, 11) is 1.95. The number of hydrogen-bond acceptors (Lipinski definition) is 5. The number of likely N-dealkylation sites (N-methyl/N-ethyl adjacent to an activating group) is 1. The van der Waals surface area contributed by atoms with Crippen LogP contribution < -0.4 is 10.2 Å². The first-order valence-electron chi connectivity index (χ1n) is 5.47. The zero-order valence-corrected chi connectivity index (χ0v) is 9.35. The molecule has 1 aromatic rings. The second-order valence-electron chi connectivity index (χ2n) is 4.03. The molecule has 0 aliphatic carbocycles. The molecular formula is C11H15N5. The molecule has 1 unspecified atom stereocenters. The largest absolute Gasteiger partial charge is 0.342 e. The van der Waals surface area contributed by atoms with Crippen LogP contribution in [0.1, 0.15) is 18.5 Å². The Balaban J connectivity index is 2.02. The molecular weight excluding hydrogens is 202 g/mol. The summed E-state index contributed by atoms with van der Waals surface area (Å²) in [4.78, 5) is 10.3. The lowest BCUT2D eigenvalue weighted by molar-refractivity contribution is 0.594. The van der Waals surface area contributed by atoms with E-state index in [0.29, 0.717) is 17.7 Å². The van der Waals surface area contributed by atoms with Crippen molar-refractivity contribution in [1.29, 1.82) is 5.26 Å². The van der Waals surface area contributed by atoms with Crippen molar-refractivity contribution in [3.8, 4) is 6.07 Å². The summed E-state index contributed by atoms with van der Waals surface area (Å²) in [6, 6.07) is 4.15. The van der Waals surface area contributed by atoms with Crippen LogP contribution >= 0.6 is 0 Å². The number of rotatable bonds is 3. The van der Waals surface area contributed by atoms with Crippen LogP contribution in [0.5, 0.6) is 0 Å². The number of hydrogen-bond donors (Lipinski definition) is 1. The Morgan fingerprint density at radius 1 is 1.69 bits per heavy atom. The molecule has 5 heteroatoms. The van der Waals surface area contributed by atoms with Gasteiger partial charge in [0.05, 0.1) is 0 Å². The Kier molecular flexibility index (Phi) is 3.32. The van der Waals surface area contributed by atoms with Crippen LogP contribution in [0.25, 0.3) is 0 Å². The Hall–Kier alpha value is -1.67. The predicted molar refractivity (Wildman–Crippen MR) is 61.0 cm³/mol. The number of nitrogens with zero attached hydrogens (tertiary/aromatic N) is 4. The fourth-order valence-corrected chi connectivity index (χ4v) is 1.92. The summed E-state index contributed by atoms with van der Waals surface area (Å²) in [5.41, 5.74) is 0.413. The molecule has 5 nitrogen and oxygen atoms in total. The van der Waals surface area contributed by atoms with Gasteiger partial charge < -0.3 is 10.2 Å². The zero-order valence-electron chi connectivity index (χ0n) is 9.35. The molecule has 84 valence electrons. The molecule has 1 aliphatic rings. The third-order valence-electron chi connectivity index (χ3n) is 2.76. The first-order chi connectivity index (χ1) is 7.79. The molecule has 1 aliphatic heterocycles. The van der Waals surface area contributed by atoms with Gasteiger partial charge in [-0.05, 0) is 25.5 Å². The predicted octanol–water partition coefficient (Wildman–Crippen LogP) is 0.536. The van der Waals surface area contributed by atoms with Gasteiger partial charge in [0.1, 0.15) is 11.8 Å². The fraction of sp³-hybridized carbons (Fsp3) is 0.545. The van der Waals surface area contributed by atoms with Crippen molar-refractivity contribution in [1.82, 2.24) is 15.3 Å². The van der Waals surface area contributed by atoms with Crippen molar-refractivity contribution < 1.29 is 0 Å². The quantitative estimate of drug-likeness (QED) is 0.800. The average molecular weight is 217 g/mol. The van der Waals surface area contributed by atoms with Crippen molar-refractivity contribution in [3.63, 3.8) is 0 Å². The summed E-state index contributed by atoms with van der Waals surface area (Å²) in [6.07, 6.45) is 4.05. The molecule has 0 amide bonds. The minimum atomic E-state index is 0.413. The van der Waals surface area contributed by atoms with Gasteiger partial charge >= 0.3 is 0 Å². The lowest BCUT2D eigenvalue weighted by atomic mass is 10.2. The molecule has 16 heavy (non-hydrogen) atoms. The van der Waals surface area contributed by atoms with Crippen molar-refractivity contribution in [3.05, 3.63) is 18.0 Å². The molecule has 2 rings (SSSR count). The van der Waals surface area contributed by atoms with E-state index < -0.39 is 0 Å². The normalized spacial score (nSPS) is 19.4. The second-order valence-corrected chi connectivity index (χ2v) is 4.03. The van der Waals surface area contributed by atoms with Gasteiger partial charge in [-0.25, -0.2) is 9.97 Å². The van der Waals surface area contributed by atoms with E-state index in [-0.39, 0.29) is 0 Å². The molecule has 1 N–H and O–H groups in total. The van der Waals surface area contributed by atoms with E-state index in [4.69, 9.17) is 5.26 Å². The molecule has 1 aromatic heterocycles. The highest BCUT2D eigenvalue weighted by Gasteiger charge is 2.17. The van der Waals surface area contributed by atoms with E-state index in [1.165, 1.54) is 12.8 Å². The van der Waals surface area contributed by atoms with E-state index in [9.17, 15) is 0 Å². The van der Waals surface area contributed by atoms with E-state index in [1.54, 1.807) is 12.3 Å². The maximum atomic E-state index is 8.76. The standard InChI is InChI=1S/C11H15N5/c1-16(8-10-3-2-5-13-10)11-14-6-4-9(7-12)15-11/h4,6,10,13H,2-3,5,8H2,1H3. The third-order valence-corrected chi connectivity index (χ3v) is 2.76. The first-order valence-corrected chi connectivity index (χ1v) is 5.47. The summed E-state index contributed by atoms with van der Waals surface area (Å²) in [5, 5.41) is 12.2. The molecule has 1 fully saturated rings. The van der Waals surface area contributed by atoms with E-state index in [1.807, 2.05) is 18.0 Å². The average Bonchev–Trinajstić information content (AvgIpc) is 2.82. The van der Waals surface area contributed by atoms with Crippen LogP contribution in [0.3, 0.4) is 0 Å². The van der Waals surface area contributed by atoms with E-state index in [2.05, 4.69) is 15.3 Å². The minimum Gasteiger partial charge on any atom is -0.342 e. The topological polar surface area (TPSA) is 64.8 Å². The smallest absolute Gasteiger partial charge is 0.226 e. The van der Waals surface area contributed by atoms with Crippen LogP contribution in [0.2, 0.25) is 0 Å². The molecule has 0 aromatic carbocycles. The lowest BCUT2D eigenvalue weighted by Gasteiger charge is -2.20. The lowest BCUT2D eigenvalue weighted by Crippen LogP contribution is -2.36. The van der Waals surface area contributed by atoms with Crippen molar-refractivity contribution in [2.75, 3.05) is 25.0 Å². The van der Waals surface area contributed by atoms with Crippen LogP contribution in [-0.4, -0.2) is 36.1 Å². The van der Waals surface area contributed by atoms with Crippen LogP contribution in [0.4, 0.5) is 5.95 Å². The second kappa shape index (κ2) is 4.90. The fourth-order valence-electron chi connectivity index (χ4n) is 1.92. The van der Waals surface area contributed by atoms with Gasteiger partial charge in [0, 0.05) is 25.8 Å². The number of nitriles is 1. The van der Waals surface area contributed by atoms with Crippen molar-refractivity contribution in [2.24, 2.45) is 0 Å². The monoisotopic (exact) mass is 217 g/mol. The highest BCUT2D eigenvalue weighted by atomic mass is 15.2. The third kappa shape index (κ3) is 2.47. The van der Waals surface area contributed by atoms with Gasteiger partial charge in [-0.15, -0.1) is 0 Å². The van der Waals surface area contributed by atoms with Crippen molar-refractivity contribution in [2.45, 2.75) is 18.9 Å². The maximum absolute atomic E-state index is 8.76. The number of anilines is 1. The van der Waals surface area contributed by atoms with Crippen LogP contribution in [0, 0.1) is 11.3 Å². The van der Waals surface area contributed by atoms with Crippen LogP contribution in [0.15, 0.2) is 12.3 Å². The van der Waals surface area contributed by atoms with E-state index >= 15 is 0 Å². The van der Waals surface area contributed by atoms with Gasteiger partial charge in [-0.3, -0.25) is 0 Å². The van der Waals surface area contributed by atoms with Gasteiger partial charge in [0.25, 0.3) is 0 Å². The van der Waals surface area contributed by atoms with Gasteiger partial charge in [0.2, 0.25) is 5.95 Å². The number of aromatic nitrogens is 2. The summed E-state index contributed by atoms with van der Waals surface area (Å²) in [5.74, 6) is 0.618.